The molecule has 7 heteroatoms. The van der Waals surface area contributed by atoms with Crippen LogP contribution in [0, 0.1) is 11.3 Å². The van der Waals surface area contributed by atoms with E-state index in [1.54, 1.807) is 42.5 Å². The van der Waals surface area contributed by atoms with E-state index in [9.17, 15) is 0 Å². The SMILES string of the molecule is COc1cc(C#N)ccc1OCc1noc(-c2ccc(Cl)cc2)n1. The van der Waals surface area contributed by atoms with Crippen molar-refractivity contribution in [1.29, 1.82) is 5.26 Å². The van der Waals surface area contributed by atoms with Gasteiger partial charge in [-0.2, -0.15) is 10.2 Å². The number of methoxy groups -OCH3 is 1. The largest absolute Gasteiger partial charge is 0.493 e. The Bertz CT molecular complexity index is 885. The van der Waals surface area contributed by atoms with Gasteiger partial charge in [-0.1, -0.05) is 16.8 Å². The lowest BCUT2D eigenvalue weighted by molar-refractivity contribution is 0.270. The average Bonchev–Trinajstić information content (AvgIpc) is 3.09. The molecule has 0 amide bonds. The number of hydrogen-bond donors (Lipinski definition) is 0. The van der Waals surface area contributed by atoms with Crippen LogP contribution in [-0.4, -0.2) is 17.3 Å². The van der Waals surface area contributed by atoms with Crippen LogP contribution in [0.5, 0.6) is 11.5 Å². The standard InChI is InChI=1S/C17H12ClN3O3/c1-22-15-8-11(9-19)2-7-14(15)23-10-16-20-17(24-21-16)12-3-5-13(18)6-4-12/h2-8H,10H2,1H3. The van der Waals surface area contributed by atoms with Gasteiger partial charge < -0.3 is 14.0 Å². The second kappa shape index (κ2) is 7.02. The Morgan fingerprint density at radius 1 is 1.17 bits per heavy atom. The highest BCUT2D eigenvalue weighted by molar-refractivity contribution is 6.30. The third kappa shape index (κ3) is 3.47. The molecule has 0 fully saturated rings. The smallest absolute Gasteiger partial charge is 0.258 e. The van der Waals surface area contributed by atoms with E-state index in [4.69, 9.17) is 30.9 Å². The predicted molar refractivity (Wildman–Crippen MR) is 86.8 cm³/mol. The molecule has 0 aliphatic carbocycles. The maximum Gasteiger partial charge on any atom is 0.258 e. The van der Waals surface area contributed by atoms with Gasteiger partial charge in [0.2, 0.25) is 5.82 Å². The van der Waals surface area contributed by atoms with E-state index in [1.807, 2.05) is 6.07 Å². The van der Waals surface area contributed by atoms with Crippen molar-refractivity contribution < 1.29 is 14.0 Å². The summed E-state index contributed by atoms with van der Waals surface area (Å²) in [4.78, 5) is 4.28. The molecule has 0 N–H and O–H groups in total. The van der Waals surface area contributed by atoms with Gasteiger partial charge in [-0.15, -0.1) is 0 Å². The molecule has 0 bridgehead atoms. The van der Waals surface area contributed by atoms with Crippen LogP contribution in [0.1, 0.15) is 11.4 Å². The summed E-state index contributed by atoms with van der Waals surface area (Å²) in [6, 6.07) is 14.0. The van der Waals surface area contributed by atoms with Crippen LogP contribution >= 0.6 is 11.6 Å². The molecule has 0 aliphatic heterocycles. The molecule has 0 aliphatic rings. The van der Waals surface area contributed by atoms with Crippen molar-refractivity contribution >= 4 is 11.6 Å². The van der Waals surface area contributed by atoms with E-state index in [0.29, 0.717) is 33.8 Å². The van der Waals surface area contributed by atoms with Crippen molar-refractivity contribution in [3.63, 3.8) is 0 Å². The van der Waals surface area contributed by atoms with Crippen LogP contribution in [0.3, 0.4) is 0 Å². The molecule has 0 saturated heterocycles. The molecule has 2 aromatic carbocycles. The Balaban J connectivity index is 1.72. The van der Waals surface area contributed by atoms with Crippen LogP contribution in [0.4, 0.5) is 0 Å². The molecule has 120 valence electrons. The zero-order valence-corrected chi connectivity index (χ0v) is 13.4. The van der Waals surface area contributed by atoms with E-state index in [-0.39, 0.29) is 6.61 Å². The number of aromatic nitrogens is 2. The first-order valence-corrected chi connectivity index (χ1v) is 7.37. The average molecular weight is 342 g/mol. The first kappa shape index (κ1) is 15.8. The Morgan fingerprint density at radius 2 is 1.96 bits per heavy atom. The van der Waals surface area contributed by atoms with Gasteiger partial charge in [0, 0.05) is 16.7 Å². The summed E-state index contributed by atoms with van der Waals surface area (Å²) in [7, 11) is 1.51. The van der Waals surface area contributed by atoms with Crippen LogP contribution < -0.4 is 9.47 Å². The summed E-state index contributed by atoms with van der Waals surface area (Å²) < 4.78 is 16.1. The van der Waals surface area contributed by atoms with Crippen molar-refractivity contribution in [2.75, 3.05) is 7.11 Å². The van der Waals surface area contributed by atoms with Crippen LogP contribution in [0.25, 0.3) is 11.5 Å². The molecule has 6 nitrogen and oxygen atoms in total. The third-order valence-corrected chi connectivity index (χ3v) is 3.46. The number of rotatable bonds is 5. The van der Waals surface area contributed by atoms with E-state index < -0.39 is 0 Å². The first-order valence-electron chi connectivity index (χ1n) is 6.99. The molecular weight excluding hydrogens is 330 g/mol. The molecule has 0 radical (unpaired) electrons. The fourth-order valence-corrected chi connectivity index (χ4v) is 2.15. The molecule has 0 atom stereocenters. The molecule has 24 heavy (non-hydrogen) atoms. The van der Waals surface area contributed by atoms with Crippen molar-refractivity contribution in [1.82, 2.24) is 10.1 Å². The maximum atomic E-state index is 8.90. The minimum absolute atomic E-state index is 0.110. The highest BCUT2D eigenvalue weighted by Crippen LogP contribution is 2.28. The number of halogens is 1. The Kier molecular flexibility index (Phi) is 4.64. The zero-order valence-electron chi connectivity index (χ0n) is 12.7. The summed E-state index contributed by atoms with van der Waals surface area (Å²) >= 11 is 5.85. The van der Waals surface area contributed by atoms with Crippen molar-refractivity contribution in [3.8, 4) is 29.0 Å². The predicted octanol–water partition coefficient (Wildman–Crippen LogP) is 3.85. The zero-order chi connectivity index (χ0) is 16.9. The second-order valence-corrected chi connectivity index (χ2v) is 5.23. The fraction of sp³-hybridized carbons (Fsp3) is 0.118. The van der Waals surface area contributed by atoms with Gasteiger partial charge in [-0.25, -0.2) is 0 Å². The molecule has 3 aromatic rings. The minimum atomic E-state index is 0.110. The normalized spacial score (nSPS) is 10.2. The highest BCUT2D eigenvalue weighted by Gasteiger charge is 2.11. The van der Waals surface area contributed by atoms with E-state index in [2.05, 4.69) is 10.1 Å². The van der Waals surface area contributed by atoms with Crippen LogP contribution in [0.2, 0.25) is 5.02 Å². The Labute approximate surface area is 143 Å². The van der Waals surface area contributed by atoms with Gasteiger partial charge in [0.1, 0.15) is 0 Å². The summed E-state index contributed by atoms with van der Waals surface area (Å²) in [5.41, 5.74) is 1.26. The topological polar surface area (TPSA) is 81.2 Å². The number of benzene rings is 2. The van der Waals surface area contributed by atoms with E-state index in [0.717, 1.165) is 5.56 Å². The lowest BCUT2D eigenvalue weighted by Gasteiger charge is -2.08. The molecule has 0 saturated carbocycles. The fourth-order valence-electron chi connectivity index (χ4n) is 2.02. The number of nitriles is 1. The lowest BCUT2D eigenvalue weighted by Crippen LogP contribution is -1.99. The maximum absolute atomic E-state index is 8.90. The van der Waals surface area contributed by atoms with Gasteiger partial charge in [0.15, 0.2) is 18.1 Å². The number of hydrogen-bond acceptors (Lipinski definition) is 6. The molecular formula is C17H12ClN3O3. The third-order valence-electron chi connectivity index (χ3n) is 3.21. The summed E-state index contributed by atoms with van der Waals surface area (Å²) in [5.74, 6) is 1.74. The second-order valence-electron chi connectivity index (χ2n) is 4.79. The van der Waals surface area contributed by atoms with Crippen molar-refractivity contribution in [2.45, 2.75) is 6.61 Å². The van der Waals surface area contributed by atoms with Gasteiger partial charge in [-0.05, 0) is 36.4 Å². The monoisotopic (exact) mass is 341 g/mol. The van der Waals surface area contributed by atoms with Gasteiger partial charge in [-0.3, -0.25) is 0 Å². The molecule has 1 heterocycles. The molecule has 3 rings (SSSR count). The molecule has 0 spiro atoms. The summed E-state index contributed by atoms with van der Waals surface area (Å²) in [6.45, 7) is 0.110. The van der Waals surface area contributed by atoms with Crippen LogP contribution in [0.15, 0.2) is 47.0 Å². The summed E-state index contributed by atoms with van der Waals surface area (Å²) in [5, 5.41) is 13.4. The number of nitrogens with zero attached hydrogens (tertiary/aromatic N) is 3. The van der Waals surface area contributed by atoms with Crippen LogP contribution in [-0.2, 0) is 6.61 Å². The Morgan fingerprint density at radius 3 is 2.67 bits per heavy atom. The van der Waals surface area contributed by atoms with E-state index in [1.165, 1.54) is 7.11 Å². The molecule has 1 aromatic heterocycles. The molecule has 0 unspecified atom stereocenters. The quantitative estimate of drug-likeness (QED) is 0.701. The lowest BCUT2D eigenvalue weighted by atomic mass is 10.2. The summed E-state index contributed by atoms with van der Waals surface area (Å²) in [6.07, 6.45) is 0. The van der Waals surface area contributed by atoms with Crippen molar-refractivity contribution in [2.24, 2.45) is 0 Å². The van der Waals surface area contributed by atoms with Gasteiger partial charge in [0.05, 0.1) is 18.7 Å². The van der Waals surface area contributed by atoms with Gasteiger partial charge >= 0.3 is 0 Å². The van der Waals surface area contributed by atoms with E-state index >= 15 is 0 Å². The Hall–Kier alpha value is -3.04. The highest BCUT2D eigenvalue weighted by atomic mass is 35.5. The number of ether oxygens (including phenoxy) is 2. The minimum Gasteiger partial charge on any atom is -0.493 e. The first-order chi connectivity index (χ1) is 11.7. The van der Waals surface area contributed by atoms with Gasteiger partial charge in [0.25, 0.3) is 5.89 Å². The van der Waals surface area contributed by atoms with Crippen molar-refractivity contribution in [3.05, 3.63) is 58.9 Å².